The largest absolute Gasteiger partial charge is 0.353 e. The average molecular weight is 370 g/mol. The predicted molar refractivity (Wildman–Crippen MR) is 107 cm³/mol. The first-order valence-corrected chi connectivity index (χ1v) is 10.5. The Morgan fingerprint density at radius 3 is 2.63 bits per heavy atom. The van der Waals surface area contributed by atoms with Gasteiger partial charge in [0.05, 0.1) is 5.92 Å². The number of hydrogen-bond donors (Lipinski definition) is 1. The number of piperidine rings is 1. The molecule has 0 spiro atoms. The Balaban J connectivity index is 1.34. The topological polar surface area (TPSA) is 52.7 Å². The van der Waals surface area contributed by atoms with E-state index in [9.17, 15) is 9.59 Å². The maximum absolute atomic E-state index is 12.7. The number of anilines is 1. The summed E-state index contributed by atoms with van der Waals surface area (Å²) in [6.45, 7) is 7.02. The van der Waals surface area contributed by atoms with Gasteiger partial charge in [0.1, 0.15) is 0 Å². The number of amides is 2. The number of hydrogen-bond acceptors (Lipinski definition) is 3. The lowest BCUT2D eigenvalue weighted by atomic mass is 10.0. The third kappa shape index (κ3) is 3.88. The molecule has 2 saturated heterocycles. The van der Waals surface area contributed by atoms with Crippen molar-refractivity contribution in [1.29, 1.82) is 0 Å². The molecule has 4 rings (SSSR count). The first kappa shape index (κ1) is 18.5. The minimum absolute atomic E-state index is 0.0509. The van der Waals surface area contributed by atoms with Gasteiger partial charge in [0.2, 0.25) is 11.8 Å². The summed E-state index contributed by atoms with van der Waals surface area (Å²) in [5.74, 6) is -0.105. The number of rotatable bonds is 4. The Hall–Kier alpha value is -1.88. The average Bonchev–Trinajstić information content (AvgIpc) is 3.27. The standard InChI is InChI=1S/C22H31N3O2/c1-15(2)24-10-8-19(9-11-24)23-22(27)18-13-21(26)25(14-18)20-7-6-16-4-3-5-17(16)12-20/h6-7,12,15,18-19H,3-5,8-11,13-14H2,1-2H3,(H,23,27). The lowest BCUT2D eigenvalue weighted by Gasteiger charge is -2.35. The van der Waals surface area contributed by atoms with Crippen molar-refractivity contribution in [3.63, 3.8) is 0 Å². The van der Waals surface area contributed by atoms with Crippen LogP contribution < -0.4 is 10.2 Å². The molecule has 146 valence electrons. The molecule has 1 atom stereocenters. The summed E-state index contributed by atoms with van der Waals surface area (Å²) in [4.78, 5) is 29.5. The molecule has 0 radical (unpaired) electrons. The first-order valence-electron chi connectivity index (χ1n) is 10.5. The van der Waals surface area contributed by atoms with Crippen LogP contribution in [0.2, 0.25) is 0 Å². The summed E-state index contributed by atoms with van der Waals surface area (Å²) >= 11 is 0. The highest BCUT2D eigenvalue weighted by molar-refractivity contribution is 6.00. The SMILES string of the molecule is CC(C)N1CCC(NC(=O)C2CC(=O)N(c3ccc4c(c3)CCC4)C2)CC1. The fraction of sp³-hybridized carbons (Fsp3) is 0.636. The Labute approximate surface area is 162 Å². The zero-order valence-corrected chi connectivity index (χ0v) is 16.5. The van der Waals surface area contributed by atoms with Crippen molar-refractivity contribution < 1.29 is 9.59 Å². The number of benzene rings is 1. The van der Waals surface area contributed by atoms with Crippen LogP contribution in [0.5, 0.6) is 0 Å². The molecule has 5 heteroatoms. The highest BCUT2D eigenvalue weighted by Gasteiger charge is 2.36. The van der Waals surface area contributed by atoms with E-state index in [1.807, 2.05) is 11.0 Å². The van der Waals surface area contributed by atoms with Crippen molar-refractivity contribution in [1.82, 2.24) is 10.2 Å². The molecule has 1 N–H and O–H groups in total. The molecule has 1 aromatic carbocycles. The van der Waals surface area contributed by atoms with Crippen LogP contribution in [0, 0.1) is 5.92 Å². The van der Waals surface area contributed by atoms with Gasteiger partial charge in [0.25, 0.3) is 0 Å². The van der Waals surface area contributed by atoms with Crippen LogP contribution in [0.4, 0.5) is 5.69 Å². The van der Waals surface area contributed by atoms with Crippen LogP contribution in [-0.4, -0.2) is 48.4 Å². The van der Waals surface area contributed by atoms with E-state index in [0.717, 1.165) is 44.5 Å². The first-order chi connectivity index (χ1) is 13.0. The number of carbonyl (C=O) groups excluding carboxylic acids is 2. The number of nitrogens with one attached hydrogen (secondary N) is 1. The molecule has 2 amide bonds. The van der Waals surface area contributed by atoms with Crippen molar-refractivity contribution in [2.45, 2.75) is 64.5 Å². The molecule has 1 unspecified atom stereocenters. The van der Waals surface area contributed by atoms with Crippen LogP contribution in [0.3, 0.4) is 0 Å². The summed E-state index contributed by atoms with van der Waals surface area (Å²) in [5, 5.41) is 3.21. The van der Waals surface area contributed by atoms with Crippen LogP contribution in [0.25, 0.3) is 0 Å². The molecule has 2 fully saturated rings. The zero-order valence-electron chi connectivity index (χ0n) is 16.5. The van der Waals surface area contributed by atoms with E-state index < -0.39 is 0 Å². The Morgan fingerprint density at radius 1 is 1.15 bits per heavy atom. The van der Waals surface area contributed by atoms with Gasteiger partial charge in [-0.05, 0) is 69.2 Å². The van der Waals surface area contributed by atoms with E-state index in [4.69, 9.17) is 0 Å². The lowest BCUT2D eigenvalue weighted by molar-refractivity contribution is -0.127. The van der Waals surface area contributed by atoms with E-state index >= 15 is 0 Å². The number of carbonyl (C=O) groups is 2. The molecule has 0 saturated carbocycles. The normalized spacial score (nSPS) is 23.9. The summed E-state index contributed by atoms with van der Waals surface area (Å²) < 4.78 is 0. The van der Waals surface area contributed by atoms with Gasteiger partial charge in [-0.3, -0.25) is 9.59 Å². The maximum Gasteiger partial charge on any atom is 0.227 e. The van der Waals surface area contributed by atoms with Gasteiger partial charge in [-0.15, -0.1) is 0 Å². The monoisotopic (exact) mass is 369 g/mol. The Bertz CT molecular complexity index is 722. The second-order valence-electron chi connectivity index (χ2n) is 8.62. The summed E-state index contributed by atoms with van der Waals surface area (Å²) in [7, 11) is 0. The quantitative estimate of drug-likeness (QED) is 0.887. The van der Waals surface area contributed by atoms with Gasteiger partial charge in [-0.25, -0.2) is 0 Å². The highest BCUT2D eigenvalue weighted by atomic mass is 16.2. The number of fused-ring (bicyclic) bond motifs is 1. The molecule has 1 aromatic rings. The number of aryl methyl sites for hydroxylation is 2. The molecule has 27 heavy (non-hydrogen) atoms. The number of likely N-dealkylation sites (tertiary alicyclic amines) is 1. The molecule has 2 aliphatic heterocycles. The second kappa shape index (κ2) is 7.63. The fourth-order valence-electron chi connectivity index (χ4n) is 4.74. The molecule has 0 aromatic heterocycles. The van der Waals surface area contributed by atoms with Gasteiger partial charge in [-0.2, -0.15) is 0 Å². The molecule has 0 bridgehead atoms. The minimum atomic E-state index is -0.228. The van der Waals surface area contributed by atoms with E-state index in [2.05, 4.69) is 36.2 Å². The summed E-state index contributed by atoms with van der Waals surface area (Å²) in [6, 6.07) is 7.17. The smallest absolute Gasteiger partial charge is 0.227 e. The van der Waals surface area contributed by atoms with Gasteiger partial charge in [-0.1, -0.05) is 6.07 Å². The zero-order chi connectivity index (χ0) is 19.0. The van der Waals surface area contributed by atoms with Gasteiger partial charge >= 0.3 is 0 Å². The van der Waals surface area contributed by atoms with E-state index in [1.165, 1.54) is 17.5 Å². The molecule has 2 heterocycles. The van der Waals surface area contributed by atoms with Gasteiger partial charge in [0, 0.05) is 43.8 Å². The Kier molecular flexibility index (Phi) is 5.22. The molecular weight excluding hydrogens is 338 g/mol. The Morgan fingerprint density at radius 2 is 1.89 bits per heavy atom. The molecule has 1 aliphatic carbocycles. The lowest BCUT2D eigenvalue weighted by Crippen LogP contribution is -2.48. The van der Waals surface area contributed by atoms with Gasteiger partial charge in [0.15, 0.2) is 0 Å². The molecular formula is C22H31N3O2. The van der Waals surface area contributed by atoms with Crippen LogP contribution in [0.15, 0.2) is 18.2 Å². The molecule has 5 nitrogen and oxygen atoms in total. The van der Waals surface area contributed by atoms with Gasteiger partial charge < -0.3 is 15.1 Å². The van der Waals surface area contributed by atoms with Crippen LogP contribution in [0.1, 0.15) is 50.7 Å². The van der Waals surface area contributed by atoms with Crippen molar-refractivity contribution >= 4 is 17.5 Å². The molecule has 3 aliphatic rings. The minimum Gasteiger partial charge on any atom is -0.353 e. The van der Waals surface area contributed by atoms with E-state index in [-0.39, 0.29) is 23.8 Å². The predicted octanol–water partition coefficient (Wildman–Crippen LogP) is 2.52. The van der Waals surface area contributed by atoms with Crippen LogP contribution >= 0.6 is 0 Å². The maximum atomic E-state index is 12.7. The fourth-order valence-corrected chi connectivity index (χ4v) is 4.74. The number of nitrogens with zero attached hydrogens (tertiary/aromatic N) is 2. The third-order valence-electron chi connectivity index (χ3n) is 6.50. The highest BCUT2D eigenvalue weighted by Crippen LogP contribution is 2.30. The summed E-state index contributed by atoms with van der Waals surface area (Å²) in [5.41, 5.74) is 3.73. The van der Waals surface area contributed by atoms with E-state index in [1.54, 1.807) is 0 Å². The second-order valence-corrected chi connectivity index (χ2v) is 8.62. The van der Waals surface area contributed by atoms with Crippen molar-refractivity contribution in [2.24, 2.45) is 5.92 Å². The van der Waals surface area contributed by atoms with Crippen molar-refractivity contribution in [2.75, 3.05) is 24.5 Å². The summed E-state index contributed by atoms with van der Waals surface area (Å²) in [6.07, 6.45) is 5.77. The van der Waals surface area contributed by atoms with E-state index in [0.29, 0.717) is 19.0 Å². The van der Waals surface area contributed by atoms with Crippen molar-refractivity contribution in [3.05, 3.63) is 29.3 Å². The van der Waals surface area contributed by atoms with Crippen molar-refractivity contribution in [3.8, 4) is 0 Å². The van der Waals surface area contributed by atoms with Crippen LogP contribution in [-0.2, 0) is 22.4 Å². The third-order valence-corrected chi connectivity index (χ3v) is 6.50.